The normalized spacial score (nSPS) is 15.5. The van der Waals surface area contributed by atoms with Gasteiger partial charge in [0.1, 0.15) is 5.75 Å². The van der Waals surface area contributed by atoms with E-state index >= 15 is 0 Å². The third kappa shape index (κ3) is 5.06. The quantitative estimate of drug-likeness (QED) is 0.723. The predicted molar refractivity (Wildman–Crippen MR) is 89.9 cm³/mol. The van der Waals surface area contributed by atoms with Crippen LogP contribution < -0.4 is 4.74 Å². The number of nitrogens with zero attached hydrogens (tertiary/aromatic N) is 2. The van der Waals surface area contributed by atoms with Gasteiger partial charge in [0, 0.05) is 44.6 Å². The van der Waals surface area contributed by atoms with Gasteiger partial charge in [-0.15, -0.1) is 0 Å². The SMILES string of the molecule is CCN1CCN(C(=O)CCCC(=O)c2ccc(OC)cc2)CC1. The van der Waals surface area contributed by atoms with E-state index in [0.29, 0.717) is 24.8 Å². The molecule has 23 heavy (non-hydrogen) atoms. The van der Waals surface area contributed by atoms with Crippen molar-refractivity contribution in [1.29, 1.82) is 0 Å². The van der Waals surface area contributed by atoms with Crippen LogP contribution in [-0.2, 0) is 4.79 Å². The molecule has 0 saturated carbocycles. The number of carbonyl (C=O) groups excluding carboxylic acids is 2. The summed E-state index contributed by atoms with van der Waals surface area (Å²) in [5.41, 5.74) is 0.676. The number of likely N-dealkylation sites (N-methyl/N-ethyl adjacent to an activating group) is 1. The van der Waals surface area contributed by atoms with Crippen LogP contribution in [0.15, 0.2) is 24.3 Å². The molecule has 0 aliphatic carbocycles. The standard InChI is InChI=1S/C18H26N2O3/c1-3-19-11-13-20(14-12-19)18(22)6-4-5-17(21)15-7-9-16(23-2)10-8-15/h7-10H,3-6,11-14H2,1-2H3. The van der Waals surface area contributed by atoms with Gasteiger partial charge in [0.05, 0.1) is 7.11 Å². The van der Waals surface area contributed by atoms with Gasteiger partial charge in [0.2, 0.25) is 5.91 Å². The molecule has 5 nitrogen and oxygen atoms in total. The number of benzene rings is 1. The third-order valence-electron chi connectivity index (χ3n) is 4.38. The number of piperazine rings is 1. The second kappa shape index (κ2) is 8.67. The maximum Gasteiger partial charge on any atom is 0.222 e. The van der Waals surface area contributed by atoms with Gasteiger partial charge < -0.3 is 14.5 Å². The first-order valence-corrected chi connectivity index (χ1v) is 8.31. The Morgan fingerprint density at radius 1 is 1.04 bits per heavy atom. The van der Waals surface area contributed by atoms with Crippen LogP contribution in [0.4, 0.5) is 0 Å². The molecule has 1 heterocycles. The van der Waals surface area contributed by atoms with E-state index in [4.69, 9.17) is 4.74 Å². The van der Waals surface area contributed by atoms with E-state index in [1.54, 1.807) is 31.4 Å². The first kappa shape index (κ1) is 17.5. The van der Waals surface area contributed by atoms with Crippen molar-refractivity contribution in [2.24, 2.45) is 0 Å². The summed E-state index contributed by atoms with van der Waals surface area (Å²) < 4.78 is 5.08. The molecule has 0 N–H and O–H groups in total. The predicted octanol–water partition coefficient (Wildman–Crippen LogP) is 2.21. The Labute approximate surface area is 138 Å². The molecule has 0 bridgehead atoms. The topological polar surface area (TPSA) is 49.9 Å². The highest BCUT2D eigenvalue weighted by atomic mass is 16.5. The molecule has 0 radical (unpaired) electrons. The van der Waals surface area contributed by atoms with Crippen molar-refractivity contribution >= 4 is 11.7 Å². The summed E-state index contributed by atoms with van der Waals surface area (Å²) >= 11 is 0. The van der Waals surface area contributed by atoms with Crippen molar-refractivity contribution < 1.29 is 14.3 Å². The molecule has 1 saturated heterocycles. The zero-order valence-corrected chi connectivity index (χ0v) is 14.1. The van der Waals surface area contributed by atoms with Crippen molar-refractivity contribution in [3.8, 4) is 5.75 Å². The Kier molecular flexibility index (Phi) is 6.59. The van der Waals surface area contributed by atoms with Crippen molar-refractivity contribution in [3.63, 3.8) is 0 Å². The second-order valence-corrected chi connectivity index (χ2v) is 5.82. The van der Waals surface area contributed by atoms with Crippen molar-refractivity contribution in [3.05, 3.63) is 29.8 Å². The molecule has 1 amide bonds. The van der Waals surface area contributed by atoms with Gasteiger partial charge in [0.25, 0.3) is 0 Å². The molecule has 1 aromatic carbocycles. The molecule has 0 unspecified atom stereocenters. The molecular weight excluding hydrogens is 292 g/mol. The van der Waals surface area contributed by atoms with Crippen LogP contribution in [0.2, 0.25) is 0 Å². The zero-order valence-electron chi connectivity index (χ0n) is 14.1. The molecule has 0 atom stereocenters. The minimum Gasteiger partial charge on any atom is -0.497 e. The third-order valence-corrected chi connectivity index (χ3v) is 4.38. The van der Waals surface area contributed by atoms with Crippen molar-refractivity contribution in [1.82, 2.24) is 9.80 Å². The largest absolute Gasteiger partial charge is 0.497 e. The fraction of sp³-hybridized carbons (Fsp3) is 0.556. The molecular formula is C18H26N2O3. The van der Waals surface area contributed by atoms with E-state index < -0.39 is 0 Å². The zero-order chi connectivity index (χ0) is 16.7. The molecule has 2 rings (SSSR count). The van der Waals surface area contributed by atoms with Gasteiger partial charge >= 0.3 is 0 Å². The van der Waals surface area contributed by atoms with Crippen LogP contribution >= 0.6 is 0 Å². The highest BCUT2D eigenvalue weighted by molar-refractivity contribution is 5.96. The lowest BCUT2D eigenvalue weighted by molar-refractivity contribution is -0.133. The number of hydrogen-bond acceptors (Lipinski definition) is 4. The number of methoxy groups -OCH3 is 1. The van der Waals surface area contributed by atoms with Crippen molar-refractivity contribution in [2.75, 3.05) is 39.8 Å². The summed E-state index contributed by atoms with van der Waals surface area (Å²) in [7, 11) is 1.60. The van der Waals surface area contributed by atoms with E-state index in [1.807, 2.05) is 4.90 Å². The Hall–Kier alpha value is -1.88. The Morgan fingerprint density at radius 2 is 1.70 bits per heavy atom. The lowest BCUT2D eigenvalue weighted by Gasteiger charge is -2.34. The molecule has 5 heteroatoms. The Morgan fingerprint density at radius 3 is 2.26 bits per heavy atom. The Bertz CT molecular complexity index is 520. The Balaban J connectivity index is 1.71. The van der Waals surface area contributed by atoms with E-state index in [-0.39, 0.29) is 11.7 Å². The summed E-state index contributed by atoms with van der Waals surface area (Å²) in [5, 5.41) is 0. The monoisotopic (exact) mass is 318 g/mol. The summed E-state index contributed by atoms with van der Waals surface area (Å²) in [6, 6.07) is 7.11. The first-order valence-electron chi connectivity index (χ1n) is 8.31. The van der Waals surface area contributed by atoms with Gasteiger partial charge in [0.15, 0.2) is 5.78 Å². The number of hydrogen-bond donors (Lipinski definition) is 0. The molecule has 0 spiro atoms. The number of ketones is 1. The van der Waals surface area contributed by atoms with Crippen LogP contribution in [0, 0.1) is 0 Å². The highest BCUT2D eigenvalue weighted by Crippen LogP contribution is 2.14. The molecule has 1 fully saturated rings. The minimum absolute atomic E-state index is 0.0799. The molecule has 0 aromatic heterocycles. The maximum absolute atomic E-state index is 12.2. The average molecular weight is 318 g/mol. The van der Waals surface area contributed by atoms with E-state index in [1.165, 1.54) is 0 Å². The fourth-order valence-electron chi connectivity index (χ4n) is 2.79. The van der Waals surface area contributed by atoms with Gasteiger partial charge in [-0.3, -0.25) is 9.59 Å². The van der Waals surface area contributed by atoms with Gasteiger partial charge in [-0.2, -0.15) is 0 Å². The van der Waals surface area contributed by atoms with Crippen LogP contribution in [0.5, 0.6) is 5.75 Å². The lowest BCUT2D eigenvalue weighted by Crippen LogP contribution is -2.48. The summed E-state index contributed by atoms with van der Waals surface area (Å²) in [5.74, 6) is 0.988. The average Bonchev–Trinajstić information content (AvgIpc) is 2.61. The smallest absolute Gasteiger partial charge is 0.222 e. The van der Waals surface area contributed by atoms with Gasteiger partial charge in [-0.05, 0) is 37.2 Å². The van der Waals surface area contributed by atoms with E-state index in [2.05, 4.69) is 11.8 Å². The van der Waals surface area contributed by atoms with Crippen LogP contribution in [-0.4, -0.2) is 61.3 Å². The van der Waals surface area contributed by atoms with E-state index in [0.717, 1.165) is 38.5 Å². The van der Waals surface area contributed by atoms with Crippen molar-refractivity contribution in [2.45, 2.75) is 26.2 Å². The van der Waals surface area contributed by atoms with Gasteiger partial charge in [-0.1, -0.05) is 6.92 Å². The maximum atomic E-state index is 12.2. The summed E-state index contributed by atoms with van der Waals surface area (Å²) in [4.78, 5) is 28.6. The second-order valence-electron chi connectivity index (χ2n) is 5.82. The summed E-state index contributed by atoms with van der Waals surface area (Å²) in [6.07, 6.45) is 1.47. The van der Waals surface area contributed by atoms with Crippen LogP contribution in [0.3, 0.4) is 0 Å². The molecule has 1 aliphatic heterocycles. The van der Waals surface area contributed by atoms with Gasteiger partial charge in [-0.25, -0.2) is 0 Å². The van der Waals surface area contributed by atoms with Crippen LogP contribution in [0.25, 0.3) is 0 Å². The molecule has 126 valence electrons. The lowest BCUT2D eigenvalue weighted by atomic mass is 10.0. The molecule has 1 aliphatic rings. The summed E-state index contributed by atoms with van der Waals surface area (Å²) in [6.45, 7) is 6.69. The molecule has 1 aromatic rings. The highest BCUT2D eigenvalue weighted by Gasteiger charge is 2.19. The van der Waals surface area contributed by atoms with E-state index in [9.17, 15) is 9.59 Å². The number of rotatable bonds is 7. The number of ether oxygens (including phenoxy) is 1. The first-order chi connectivity index (χ1) is 11.1. The minimum atomic E-state index is 0.0799. The fourth-order valence-corrected chi connectivity index (χ4v) is 2.79. The number of Topliss-reactive ketones (excluding diaryl/α,β-unsaturated/α-hetero) is 1. The number of amides is 1. The number of carbonyl (C=O) groups is 2. The van der Waals surface area contributed by atoms with Crippen LogP contribution in [0.1, 0.15) is 36.5 Å².